The zero-order valence-corrected chi connectivity index (χ0v) is 13.8. The van der Waals surface area contributed by atoms with E-state index in [4.69, 9.17) is 0 Å². The molecule has 0 N–H and O–H groups in total. The number of hydrogen-bond acceptors (Lipinski definition) is 1. The van der Waals surface area contributed by atoms with Crippen LogP contribution in [-0.4, -0.2) is 25.5 Å². The van der Waals surface area contributed by atoms with Gasteiger partial charge < -0.3 is 4.90 Å². The Morgan fingerprint density at radius 3 is 1.95 bits per heavy atom. The third-order valence-electron chi connectivity index (χ3n) is 5.13. The first-order chi connectivity index (χ1) is 10.7. The highest BCUT2D eigenvalue weighted by Crippen LogP contribution is 2.46. The molecule has 0 spiro atoms. The van der Waals surface area contributed by atoms with Crippen LogP contribution < -0.4 is 0 Å². The first kappa shape index (κ1) is 15.3. The van der Waals surface area contributed by atoms with E-state index in [1.807, 2.05) is 0 Å². The van der Waals surface area contributed by atoms with Crippen molar-refractivity contribution in [1.29, 1.82) is 0 Å². The summed E-state index contributed by atoms with van der Waals surface area (Å²) in [6, 6.07) is 22.3. The molecule has 0 aliphatic heterocycles. The molecule has 22 heavy (non-hydrogen) atoms. The van der Waals surface area contributed by atoms with Gasteiger partial charge in [-0.3, -0.25) is 0 Å². The minimum atomic E-state index is 0.196. The first-order valence-corrected chi connectivity index (χ1v) is 8.46. The van der Waals surface area contributed by atoms with Crippen molar-refractivity contribution in [1.82, 2.24) is 4.90 Å². The van der Waals surface area contributed by atoms with Gasteiger partial charge in [-0.2, -0.15) is 0 Å². The maximum atomic E-state index is 2.34. The number of rotatable bonds is 4. The smallest absolute Gasteiger partial charge is 0.0206 e. The third kappa shape index (κ3) is 3.10. The molecule has 1 aliphatic carbocycles. The molecule has 0 aromatic heterocycles. The zero-order chi connectivity index (χ0) is 15.4. The quantitative estimate of drug-likeness (QED) is 0.788. The Kier molecular flexibility index (Phi) is 4.63. The first-order valence-electron chi connectivity index (χ1n) is 8.46. The van der Waals surface area contributed by atoms with Gasteiger partial charge in [-0.25, -0.2) is 0 Å². The molecule has 0 heterocycles. The second-order valence-corrected chi connectivity index (χ2v) is 7.04. The number of benzene rings is 2. The molecule has 116 valence electrons. The van der Waals surface area contributed by atoms with Crippen molar-refractivity contribution in [2.75, 3.05) is 20.6 Å². The molecular weight excluding hydrogens is 266 g/mol. The summed E-state index contributed by atoms with van der Waals surface area (Å²) in [6.07, 6.45) is 5.21. The van der Waals surface area contributed by atoms with E-state index in [1.54, 1.807) is 0 Å². The predicted molar refractivity (Wildman–Crippen MR) is 94.2 cm³/mol. The second kappa shape index (κ2) is 6.66. The Balaban J connectivity index is 2.00. The van der Waals surface area contributed by atoms with Crippen LogP contribution in [0.5, 0.6) is 0 Å². The van der Waals surface area contributed by atoms with E-state index in [0.29, 0.717) is 0 Å². The summed E-state index contributed by atoms with van der Waals surface area (Å²) >= 11 is 0. The van der Waals surface area contributed by atoms with E-state index in [2.05, 4.69) is 79.7 Å². The zero-order valence-electron chi connectivity index (χ0n) is 13.8. The van der Waals surface area contributed by atoms with Gasteiger partial charge in [0.05, 0.1) is 0 Å². The van der Waals surface area contributed by atoms with Crippen LogP contribution >= 0.6 is 0 Å². The fraction of sp³-hybridized carbons (Fsp3) is 0.429. The van der Waals surface area contributed by atoms with Gasteiger partial charge in [-0.05, 0) is 50.4 Å². The third-order valence-corrected chi connectivity index (χ3v) is 5.13. The maximum absolute atomic E-state index is 2.34. The lowest BCUT2D eigenvalue weighted by Crippen LogP contribution is -2.37. The van der Waals surface area contributed by atoms with Gasteiger partial charge in [-0.1, -0.05) is 67.1 Å². The van der Waals surface area contributed by atoms with Crippen LogP contribution in [0.4, 0.5) is 0 Å². The highest BCUT2D eigenvalue weighted by Gasteiger charge is 2.39. The molecule has 1 nitrogen and oxygen atoms in total. The van der Waals surface area contributed by atoms with Crippen LogP contribution in [0.2, 0.25) is 0 Å². The lowest BCUT2D eigenvalue weighted by atomic mass is 9.62. The molecule has 1 unspecified atom stereocenters. The van der Waals surface area contributed by atoms with Crippen molar-refractivity contribution in [3.8, 4) is 0 Å². The summed E-state index contributed by atoms with van der Waals surface area (Å²) in [5.74, 6) is 0.782. The van der Waals surface area contributed by atoms with E-state index in [0.717, 1.165) is 5.92 Å². The topological polar surface area (TPSA) is 3.24 Å². The van der Waals surface area contributed by atoms with Gasteiger partial charge in [0.2, 0.25) is 0 Å². The molecule has 1 aliphatic rings. The molecule has 1 heteroatoms. The molecular formula is C21H27N. The molecule has 3 rings (SSSR count). The SMILES string of the molecule is CN(C)CC1CCCC(c2ccccc2)(c2ccccc2)C1. The maximum Gasteiger partial charge on any atom is 0.0206 e. The Hall–Kier alpha value is -1.60. The molecule has 0 radical (unpaired) electrons. The molecule has 2 aromatic rings. The summed E-state index contributed by atoms with van der Waals surface area (Å²) in [5, 5.41) is 0. The van der Waals surface area contributed by atoms with E-state index in [1.165, 1.54) is 43.4 Å². The van der Waals surface area contributed by atoms with Gasteiger partial charge in [-0.15, -0.1) is 0 Å². The normalized spacial score (nSPS) is 21.0. The van der Waals surface area contributed by atoms with Crippen molar-refractivity contribution < 1.29 is 0 Å². The molecule has 1 saturated carbocycles. The molecule has 0 amide bonds. The molecule has 1 fully saturated rings. The second-order valence-electron chi connectivity index (χ2n) is 7.04. The lowest BCUT2D eigenvalue weighted by Gasteiger charge is -2.43. The van der Waals surface area contributed by atoms with E-state index < -0.39 is 0 Å². The fourth-order valence-electron chi connectivity index (χ4n) is 4.27. The summed E-state index contributed by atoms with van der Waals surface area (Å²) < 4.78 is 0. The minimum absolute atomic E-state index is 0.196. The molecule has 1 atom stereocenters. The molecule has 2 aromatic carbocycles. The van der Waals surface area contributed by atoms with Crippen molar-refractivity contribution in [2.45, 2.75) is 31.1 Å². The monoisotopic (exact) mass is 293 g/mol. The summed E-state index contributed by atoms with van der Waals surface area (Å²) in [4.78, 5) is 2.34. The van der Waals surface area contributed by atoms with Crippen LogP contribution in [0.25, 0.3) is 0 Å². The van der Waals surface area contributed by atoms with Crippen molar-refractivity contribution in [3.05, 3.63) is 71.8 Å². The van der Waals surface area contributed by atoms with Gasteiger partial charge in [0.25, 0.3) is 0 Å². The Morgan fingerprint density at radius 2 is 1.45 bits per heavy atom. The van der Waals surface area contributed by atoms with Crippen molar-refractivity contribution in [3.63, 3.8) is 0 Å². The minimum Gasteiger partial charge on any atom is -0.309 e. The van der Waals surface area contributed by atoms with Crippen molar-refractivity contribution in [2.24, 2.45) is 5.92 Å². The van der Waals surface area contributed by atoms with Gasteiger partial charge in [0.15, 0.2) is 0 Å². The Labute approximate surface area is 135 Å². The lowest BCUT2D eigenvalue weighted by molar-refractivity contribution is 0.208. The number of nitrogens with zero attached hydrogens (tertiary/aromatic N) is 1. The van der Waals surface area contributed by atoms with Crippen LogP contribution in [0.3, 0.4) is 0 Å². The van der Waals surface area contributed by atoms with Gasteiger partial charge in [0, 0.05) is 12.0 Å². The van der Waals surface area contributed by atoms with Gasteiger partial charge in [0.1, 0.15) is 0 Å². The fourth-order valence-corrected chi connectivity index (χ4v) is 4.27. The predicted octanol–water partition coefficient (Wildman–Crippen LogP) is 4.72. The molecule has 0 saturated heterocycles. The van der Waals surface area contributed by atoms with Crippen LogP contribution in [0.15, 0.2) is 60.7 Å². The highest BCUT2D eigenvalue weighted by molar-refractivity contribution is 5.40. The van der Waals surface area contributed by atoms with E-state index >= 15 is 0 Å². The van der Waals surface area contributed by atoms with Gasteiger partial charge >= 0.3 is 0 Å². The average molecular weight is 293 g/mol. The summed E-state index contributed by atoms with van der Waals surface area (Å²) in [6.45, 7) is 1.20. The largest absolute Gasteiger partial charge is 0.309 e. The highest BCUT2D eigenvalue weighted by atomic mass is 15.1. The van der Waals surface area contributed by atoms with Crippen molar-refractivity contribution >= 4 is 0 Å². The summed E-state index contributed by atoms with van der Waals surface area (Å²) in [5.41, 5.74) is 3.18. The summed E-state index contributed by atoms with van der Waals surface area (Å²) in [7, 11) is 4.39. The Bertz CT molecular complexity index is 534. The Morgan fingerprint density at radius 1 is 0.909 bits per heavy atom. The van der Waals surface area contributed by atoms with E-state index in [9.17, 15) is 0 Å². The molecule has 0 bridgehead atoms. The standard InChI is InChI=1S/C21H27N/c1-22(2)17-18-10-9-15-21(16-18,19-11-5-3-6-12-19)20-13-7-4-8-14-20/h3-8,11-14,18H,9-10,15-17H2,1-2H3. The van der Waals surface area contributed by atoms with Crippen LogP contribution in [0.1, 0.15) is 36.8 Å². The van der Waals surface area contributed by atoms with Crippen LogP contribution in [0, 0.1) is 5.92 Å². The van der Waals surface area contributed by atoms with Crippen LogP contribution in [-0.2, 0) is 5.41 Å². The number of hydrogen-bond donors (Lipinski definition) is 0. The van der Waals surface area contributed by atoms with E-state index in [-0.39, 0.29) is 5.41 Å². The average Bonchev–Trinajstić information content (AvgIpc) is 2.56.